The molecule has 0 aliphatic heterocycles. The first kappa shape index (κ1) is 14.3. The van der Waals surface area contributed by atoms with E-state index in [4.69, 9.17) is 0 Å². The average molecular weight is 389 g/mol. The van der Waals surface area contributed by atoms with Gasteiger partial charge in [0.05, 0.1) is 6.54 Å². The quantitative estimate of drug-likeness (QED) is 0.628. The van der Waals surface area contributed by atoms with Crippen LogP contribution in [0.3, 0.4) is 0 Å². The lowest BCUT2D eigenvalue weighted by Gasteiger charge is -2.02. The highest BCUT2D eigenvalue weighted by Crippen LogP contribution is 2.16. The molecule has 3 aromatic rings. The second-order valence-electron chi connectivity index (χ2n) is 4.94. The molecule has 0 amide bonds. The summed E-state index contributed by atoms with van der Waals surface area (Å²) < 4.78 is 3.10. The van der Waals surface area contributed by atoms with Crippen LogP contribution in [-0.2, 0) is 13.0 Å². The summed E-state index contributed by atoms with van der Waals surface area (Å²) in [6.45, 7) is 2.92. The molecule has 0 saturated heterocycles. The van der Waals surface area contributed by atoms with Gasteiger partial charge >= 0.3 is 0 Å². The first-order valence-corrected chi connectivity index (χ1v) is 8.05. The lowest BCUT2D eigenvalue weighted by atomic mass is 10.1. The number of nitrogens with zero attached hydrogens (tertiary/aromatic N) is 3. The van der Waals surface area contributed by atoms with Crippen LogP contribution in [0.2, 0.25) is 0 Å². The van der Waals surface area contributed by atoms with Gasteiger partial charge in [-0.3, -0.25) is 0 Å². The summed E-state index contributed by atoms with van der Waals surface area (Å²) in [6, 6.07) is 16.9. The van der Waals surface area contributed by atoms with Gasteiger partial charge in [-0.25, -0.2) is 9.67 Å². The molecule has 2 aromatic carbocycles. The molecule has 4 heteroatoms. The van der Waals surface area contributed by atoms with Crippen LogP contribution in [0.5, 0.6) is 0 Å². The Morgan fingerprint density at radius 3 is 2.29 bits per heavy atom. The number of rotatable bonds is 4. The van der Waals surface area contributed by atoms with Gasteiger partial charge < -0.3 is 0 Å². The minimum absolute atomic E-state index is 0.751. The lowest BCUT2D eigenvalue weighted by molar-refractivity contribution is 0.686. The minimum atomic E-state index is 0.751. The van der Waals surface area contributed by atoms with Crippen molar-refractivity contribution in [2.45, 2.75) is 19.9 Å². The smallest absolute Gasteiger partial charge is 0.181 e. The predicted molar refractivity (Wildman–Crippen MR) is 93.1 cm³/mol. The summed E-state index contributed by atoms with van der Waals surface area (Å²) in [7, 11) is 0. The average Bonchev–Trinajstić information content (AvgIpc) is 2.97. The normalized spacial score (nSPS) is 10.8. The maximum atomic E-state index is 4.55. The zero-order chi connectivity index (χ0) is 14.7. The maximum Gasteiger partial charge on any atom is 0.181 e. The van der Waals surface area contributed by atoms with Crippen molar-refractivity contribution in [3.8, 4) is 11.4 Å². The Hall–Kier alpha value is -1.69. The Balaban J connectivity index is 1.76. The molecule has 106 valence electrons. The Labute approximate surface area is 138 Å². The molecule has 21 heavy (non-hydrogen) atoms. The predicted octanol–water partition coefficient (Wildman–Crippen LogP) is 4.16. The van der Waals surface area contributed by atoms with Crippen molar-refractivity contribution >= 4 is 22.6 Å². The third-order valence-electron chi connectivity index (χ3n) is 3.41. The fraction of sp³-hybridized carbons (Fsp3) is 0.176. The first-order chi connectivity index (χ1) is 10.2. The van der Waals surface area contributed by atoms with Gasteiger partial charge in [0.2, 0.25) is 0 Å². The van der Waals surface area contributed by atoms with Crippen LogP contribution in [0.4, 0.5) is 0 Å². The van der Waals surface area contributed by atoms with Crippen LogP contribution in [0.25, 0.3) is 11.4 Å². The molecular weight excluding hydrogens is 373 g/mol. The molecule has 0 aliphatic carbocycles. The van der Waals surface area contributed by atoms with Crippen LogP contribution in [-0.4, -0.2) is 14.8 Å². The van der Waals surface area contributed by atoms with E-state index in [9.17, 15) is 0 Å². The number of aryl methyl sites for hydroxylation is 1. The second kappa shape index (κ2) is 6.39. The summed E-state index contributed by atoms with van der Waals surface area (Å²) >= 11 is 2.30. The molecule has 0 bridgehead atoms. The molecule has 1 heterocycles. The van der Waals surface area contributed by atoms with Crippen LogP contribution < -0.4 is 0 Å². The Morgan fingerprint density at radius 2 is 1.62 bits per heavy atom. The highest BCUT2D eigenvalue weighted by molar-refractivity contribution is 14.1. The zero-order valence-corrected chi connectivity index (χ0v) is 14.0. The van der Waals surface area contributed by atoms with Crippen molar-refractivity contribution in [1.29, 1.82) is 0 Å². The second-order valence-corrected chi connectivity index (χ2v) is 6.19. The topological polar surface area (TPSA) is 30.7 Å². The molecule has 3 rings (SSSR count). The van der Waals surface area contributed by atoms with Gasteiger partial charge in [-0.05, 0) is 52.3 Å². The van der Waals surface area contributed by atoms with Crippen molar-refractivity contribution in [2.24, 2.45) is 0 Å². The first-order valence-electron chi connectivity index (χ1n) is 6.98. The summed E-state index contributed by atoms with van der Waals surface area (Å²) in [5.74, 6) is 0.775. The summed E-state index contributed by atoms with van der Waals surface area (Å²) in [5, 5.41) is 4.55. The van der Waals surface area contributed by atoms with Gasteiger partial charge in [0, 0.05) is 9.13 Å². The van der Waals surface area contributed by atoms with Gasteiger partial charge in [0.15, 0.2) is 5.82 Å². The van der Waals surface area contributed by atoms with E-state index in [1.54, 1.807) is 6.33 Å². The van der Waals surface area contributed by atoms with Gasteiger partial charge in [-0.1, -0.05) is 43.3 Å². The van der Waals surface area contributed by atoms with E-state index in [0.29, 0.717) is 0 Å². The van der Waals surface area contributed by atoms with E-state index in [1.165, 1.54) is 14.7 Å². The van der Waals surface area contributed by atoms with Crippen LogP contribution in [0.1, 0.15) is 18.1 Å². The summed E-state index contributed by atoms with van der Waals surface area (Å²) in [5.41, 5.74) is 3.65. The SMILES string of the molecule is CCc1ccc(Cn2cnc(-c3ccc(I)cc3)n2)cc1. The van der Waals surface area contributed by atoms with E-state index in [1.807, 2.05) is 4.68 Å². The largest absolute Gasteiger partial charge is 0.248 e. The molecule has 0 N–H and O–H groups in total. The molecule has 0 unspecified atom stereocenters. The number of benzene rings is 2. The maximum absolute atomic E-state index is 4.55. The number of aromatic nitrogens is 3. The van der Waals surface area contributed by atoms with E-state index < -0.39 is 0 Å². The van der Waals surface area contributed by atoms with Crippen LogP contribution in [0.15, 0.2) is 54.9 Å². The van der Waals surface area contributed by atoms with E-state index in [-0.39, 0.29) is 0 Å². The highest BCUT2D eigenvalue weighted by Gasteiger charge is 2.04. The van der Waals surface area contributed by atoms with E-state index >= 15 is 0 Å². The van der Waals surface area contributed by atoms with Crippen LogP contribution >= 0.6 is 22.6 Å². The Kier molecular flexibility index (Phi) is 4.34. The van der Waals surface area contributed by atoms with E-state index in [0.717, 1.165) is 24.4 Å². The number of halogens is 1. The van der Waals surface area contributed by atoms with Gasteiger partial charge in [-0.2, -0.15) is 5.10 Å². The zero-order valence-electron chi connectivity index (χ0n) is 11.8. The molecule has 0 spiro atoms. The molecule has 3 nitrogen and oxygen atoms in total. The summed E-state index contributed by atoms with van der Waals surface area (Å²) in [4.78, 5) is 4.40. The highest BCUT2D eigenvalue weighted by atomic mass is 127. The van der Waals surface area contributed by atoms with Crippen molar-refractivity contribution in [3.05, 3.63) is 69.6 Å². The summed E-state index contributed by atoms with van der Waals surface area (Å²) in [6.07, 6.45) is 2.86. The van der Waals surface area contributed by atoms with Crippen molar-refractivity contribution in [1.82, 2.24) is 14.8 Å². The standard InChI is InChI=1S/C17H16IN3/c1-2-13-3-5-14(6-4-13)11-21-12-19-17(20-21)15-7-9-16(18)10-8-15/h3-10,12H,2,11H2,1H3. The number of hydrogen-bond acceptors (Lipinski definition) is 2. The lowest BCUT2D eigenvalue weighted by Crippen LogP contribution is -2.00. The van der Waals surface area contributed by atoms with Gasteiger partial charge in [0.1, 0.15) is 6.33 Å². The Morgan fingerprint density at radius 1 is 0.952 bits per heavy atom. The molecule has 0 fully saturated rings. The van der Waals surface area contributed by atoms with Gasteiger partial charge in [0.25, 0.3) is 0 Å². The van der Waals surface area contributed by atoms with Gasteiger partial charge in [-0.15, -0.1) is 0 Å². The molecular formula is C17H16IN3. The van der Waals surface area contributed by atoms with Crippen LogP contribution in [0, 0.1) is 3.57 Å². The molecule has 0 atom stereocenters. The van der Waals surface area contributed by atoms with E-state index in [2.05, 4.69) is 88.1 Å². The fourth-order valence-electron chi connectivity index (χ4n) is 2.17. The third kappa shape index (κ3) is 3.50. The minimum Gasteiger partial charge on any atom is -0.248 e. The van der Waals surface area contributed by atoms with Crippen molar-refractivity contribution in [3.63, 3.8) is 0 Å². The molecule has 1 aromatic heterocycles. The van der Waals surface area contributed by atoms with Crippen molar-refractivity contribution < 1.29 is 0 Å². The van der Waals surface area contributed by atoms with Crippen molar-refractivity contribution in [2.75, 3.05) is 0 Å². The molecule has 0 radical (unpaired) electrons. The monoisotopic (exact) mass is 389 g/mol. The fourth-order valence-corrected chi connectivity index (χ4v) is 2.53. The molecule has 0 aliphatic rings. The Bertz CT molecular complexity index is 715. The third-order valence-corrected chi connectivity index (χ3v) is 4.13. The molecule has 0 saturated carbocycles. The number of hydrogen-bond donors (Lipinski definition) is 0.